The number of methoxy groups -OCH3 is 2. The summed E-state index contributed by atoms with van der Waals surface area (Å²) in [4.78, 5) is 4.98. The number of rotatable bonds is 8. The average Bonchev–Trinajstić information content (AvgIpc) is 2.70. The lowest BCUT2D eigenvalue weighted by atomic mass is 10.1. The van der Waals surface area contributed by atoms with Crippen molar-refractivity contribution in [3.63, 3.8) is 0 Å². The Morgan fingerprint density at radius 2 is 1.46 bits per heavy atom. The van der Waals surface area contributed by atoms with Gasteiger partial charge < -0.3 is 14.2 Å². The van der Waals surface area contributed by atoms with Gasteiger partial charge >= 0.3 is 0 Å². The Morgan fingerprint density at radius 1 is 0.821 bits per heavy atom. The van der Waals surface area contributed by atoms with E-state index in [9.17, 15) is 0 Å². The highest BCUT2D eigenvalue weighted by molar-refractivity contribution is 9.10. The molecule has 28 heavy (non-hydrogen) atoms. The van der Waals surface area contributed by atoms with E-state index in [2.05, 4.69) is 43.9 Å². The molecule has 152 valence electrons. The first-order valence-electron chi connectivity index (χ1n) is 9.69. The van der Waals surface area contributed by atoms with Crippen LogP contribution in [0.15, 0.2) is 40.9 Å². The quantitative estimate of drug-likeness (QED) is 0.604. The number of hydrogen-bond acceptors (Lipinski definition) is 5. The molecule has 0 amide bonds. The molecule has 1 fully saturated rings. The van der Waals surface area contributed by atoms with Gasteiger partial charge in [-0.15, -0.1) is 0 Å². The second kappa shape index (κ2) is 10.1. The molecule has 0 spiro atoms. The fraction of sp³-hybridized carbons (Fsp3) is 0.455. The molecule has 6 heteroatoms. The molecular formula is C22H29BrN2O3. The molecule has 0 aromatic heterocycles. The molecule has 0 unspecified atom stereocenters. The van der Waals surface area contributed by atoms with Gasteiger partial charge in [0.15, 0.2) is 11.5 Å². The van der Waals surface area contributed by atoms with Crippen LogP contribution in [0.1, 0.15) is 18.1 Å². The van der Waals surface area contributed by atoms with Crippen molar-refractivity contribution in [3.8, 4) is 17.2 Å². The minimum absolute atomic E-state index is 0.636. The van der Waals surface area contributed by atoms with Gasteiger partial charge in [-0.25, -0.2) is 0 Å². The highest BCUT2D eigenvalue weighted by atomic mass is 79.9. The summed E-state index contributed by atoms with van der Waals surface area (Å²) in [6.07, 6.45) is 0. The second-order valence-electron chi connectivity index (χ2n) is 6.93. The molecule has 0 atom stereocenters. The van der Waals surface area contributed by atoms with E-state index in [4.69, 9.17) is 14.2 Å². The molecule has 1 heterocycles. The maximum Gasteiger partial charge on any atom is 0.161 e. The highest BCUT2D eigenvalue weighted by Crippen LogP contribution is 2.29. The smallest absolute Gasteiger partial charge is 0.161 e. The van der Waals surface area contributed by atoms with Crippen LogP contribution in [0.2, 0.25) is 0 Å². The normalized spacial score (nSPS) is 15.4. The van der Waals surface area contributed by atoms with Crippen LogP contribution in [0.3, 0.4) is 0 Å². The summed E-state index contributed by atoms with van der Waals surface area (Å²) < 4.78 is 17.7. The van der Waals surface area contributed by atoms with Crippen molar-refractivity contribution in [1.82, 2.24) is 9.80 Å². The predicted octanol–water partition coefficient (Wildman–Crippen LogP) is 4.18. The van der Waals surface area contributed by atoms with Gasteiger partial charge in [-0.05, 0) is 42.8 Å². The van der Waals surface area contributed by atoms with Gasteiger partial charge in [0, 0.05) is 49.3 Å². The molecule has 0 radical (unpaired) electrons. The van der Waals surface area contributed by atoms with Crippen molar-refractivity contribution in [2.24, 2.45) is 0 Å². The third-order valence-electron chi connectivity index (χ3n) is 5.04. The number of piperazine rings is 1. The summed E-state index contributed by atoms with van der Waals surface area (Å²) in [7, 11) is 3.41. The van der Waals surface area contributed by atoms with E-state index in [0.717, 1.165) is 61.0 Å². The fourth-order valence-corrected chi connectivity index (χ4v) is 3.97. The number of halogens is 1. The number of ether oxygens (including phenoxy) is 3. The molecule has 0 aliphatic carbocycles. The Balaban J connectivity index is 1.56. The van der Waals surface area contributed by atoms with E-state index < -0.39 is 0 Å². The maximum atomic E-state index is 5.71. The van der Waals surface area contributed by atoms with Crippen molar-refractivity contribution in [2.75, 3.05) is 47.0 Å². The summed E-state index contributed by atoms with van der Waals surface area (Å²) >= 11 is 3.56. The van der Waals surface area contributed by atoms with Crippen LogP contribution in [0.4, 0.5) is 0 Å². The van der Waals surface area contributed by atoms with Crippen LogP contribution >= 0.6 is 15.9 Å². The van der Waals surface area contributed by atoms with Crippen LogP contribution in [-0.4, -0.2) is 56.8 Å². The predicted molar refractivity (Wildman–Crippen MR) is 115 cm³/mol. The van der Waals surface area contributed by atoms with Crippen molar-refractivity contribution in [2.45, 2.75) is 20.0 Å². The summed E-state index contributed by atoms with van der Waals surface area (Å²) in [5, 5.41) is 0. The monoisotopic (exact) mass is 448 g/mol. The molecule has 5 nitrogen and oxygen atoms in total. The van der Waals surface area contributed by atoms with Gasteiger partial charge in [0.2, 0.25) is 0 Å². The molecule has 1 saturated heterocycles. The summed E-state index contributed by atoms with van der Waals surface area (Å²) in [6.45, 7) is 8.65. The molecule has 2 aromatic rings. The summed E-state index contributed by atoms with van der Waals surface area (Å²) in [5.74, 6) is 2.56. The van der Waals surface area contributed by atoms with Crippen LogP contribution < -0.4 is 14.2 Å². The van der Waals surface area contributed by atoms with Gasteiger partial charge in [0.05, 0.1) is 20.8 Å². The Labute approximate surface area is 176 Å². The first kappa shape index (κ1) is 21.0. The third kappa shape index (κ3) is 5.40. The van der Waals surface area contributed by atoms with Crippen molar-refractivity contribution < 1.29 is 14.2 Å². The van der Waals surface area contributed by atoms with Crippen LogP contribution in [0.25, 0.3) is 0 Å². The molecule has 2 aromatic carbocycles. The maximum absolute atomic E-state index is 5.71. The van der Waals surface area contributed by atoms with Gasteiger partial charge in [0.1, 0.15) is 5.75 Å². The van der Waals surface area contributed by atoms with Crippen molar-refractivity contribution >= 4 is 15.9 Å². The van der Waals surface area contributed by atoms with Crippen molar-refractivity contribution in [1.29, 1.82) is 0 Å². The fourth-order valence-electron chi connectivity index (χ4n) is 3.56. The van der Waals surface area contributed by atoms with E-state index in [1.807, 2.05) is 25.1 Å². The number of nitrogens with zero attached hydrogens (tertiary/aromatic N) is 2. The standard InChI is InChI=1S/C22H29BrN2O3/c1-4-28-22-13-17(5-7-21(22)27-3)15-24-9-11-25(12-10-24)16-18-14-19(23)6-8-20(18)26-2/h5-8,13-14H,4,9-12,15-16H2,1-3H3. The average molecular weight is 449 g/mol. The van der Waals surface area contributed by atoms with Gasteiger partial charge in [-0.2, -0.15) is 0 Å². The van der Waals surface area contributed by atoms with Gasteiger partial charge in [0.25, 0.3) is 0 Å². The van der Waals surface area contributed by atoms with Gasteiger partial charge in [-0.3, -0.25) is 9.80 Å². The molecule has 1 aliphatic rings. The zero-order valence-electron chi connectivity index (χ0n) is 16.9. The lowest BCUT2D eigenvalue weighted by Gasteiger charge is -2.35. The first-order chi connectivity index (χ1) is 13.6. The zero-order valence-corrected chi connectivity index (χ0v) is 18.5. The van der Waals surface area contributed by atoms with Crippen molar-refractivity contribution in [3.05, 3.63) is 52.0 Å². The Hall–Kier alpha value is -1.76. The topological polar surface area (TPSA) is 34.2 Å². The van der Waals surface area contributed by atoms with E-state index >= 15 is 0 Å². The Morgan fingerprint density at radius 3 is 2.11 bits per heavy atom. The molecule has 1 aliphatic heterocycles. The summed E-state index contributed by atoms with van der Waals surface area (Å²) in [6, 6.07) is 12.4. The number of hydrogen-bond donors (Lipinski definition) is 0. The van der Waals surface area contributed by atoms with E-state index in [1.54, 1.807) is 14.2 Å². The van der Waals surface area contributed by atoms with Gasteiger partial charge in [-0.1, -0.05) is 22.0 Å². The first-order valence-corrected chi connectivity index (χ1v) is 10.5. The molecule has 0 saturated carbocycles. The van der Waals surface area contributed by atoms with E-state index in [0.29, 0.717) is 6.61 Å². The Bertz CT molecular complexity index is 776. The van der Waals surface area contributed by atoms with Crippen LogP contribution in [-0.2, 0) is 13.1 Å². The van der Waals surface area contributed by atoms with Crippen LogP contribution in [0, 0.1) is 0 Å². The van der Waals surface area contributed by atoms with E-state index in [-0.39, 0.29) is 0 Å². The lowest BCUT2D eigenvalue weighted by Crippen LogP contribution is -2.45. The molecule has 0 bridgehead atoms. The largest absolute Gasteiger partial charge is 0.496 e. The lowest BCUT2D eigenvalue weighted by molar-refractivity contribution is 0.121. The summed E-state index contributed by atoms with van der Waals surface area (Å²) in [5.41, 5.74) is 2.48. The molecule has 3 rings (SSSR count). The minimum Gasteiger partial charge on any atom is -0.496 e. The highest BCUT2D eigenvalue weighted by Gasteiger charge is 2.19. The SMILES string of the molecule is CCOc1cc(CN2CCN(Cc3cc(Br)ccc3OC)CC2)ccc1OC. The third-order valence-corrected chi connectivity index (χ3v) is 5.53. The molecule has 0 N–H and O–H groups in total. The Kier molecular flexibility index (Phi) is 7.59. The molecular weight excluding hydrogens is 420 g/mol. The second-order valence-corrected chi connectivity index (χ2v) is 7.84. The minimum atomic E-state index is 0.636. The zero-order chi connectivity index (χ0) is 19.9. The van der Waals surface area contributed by atoms with Crippen LogP contribution in [0.5, 0.6) is 17.2 Å². The van der Waals surface area contributed by atoms with E-state index in [1.165, 1.54) is 11.1 Å². The number of benzene rings is 2.